The highest BCUT2D eigenvalue weighted by molar-refractivity contribution is 6.31. The Labute approximate surface area is 164 Å². The van der Waals surface area contributed by atoms with E-state index in [1.807, 2.05) is 0 Å². The molecule has 0 unspecified atom stereocenters. The van der Waals surface area contributed by atoms with E-state index in [1.54, 1.807) is 48.5 Å². The minimum atomic E-state index is -0.421. The highest BCUT2D eigenvalue weighted by Crippen LogP contribution is 2.29. The number of nitrogens with one attached hydrogen (secondary N) is 1. The van der Waals surface area contributed by atoms with E-state index in [1.165, 1.54) is 19.2 Å². The fourth-order valence-electron chi connectivity index (χ4n) is 2.81. The number of aromatic nitrogens is 1. The molecule has 140 valence electrons. The molecule has 5 nitrogen and oxygen atoms in total. The normalized spacial score (nSPS) is 10.8. The molecule has 0 aliphatic rings. The van der Waals surface area contributed by atoms with Crippen molar-refractivity contribution in [3.8, 4) is 17.2 Å². The van der Waals surface area contributed by atoms with Crippen LogP contribution < -0.4 is 10.1 Å². The highest BCUT2D eigenvalue weighted by atomic mass is 35.5. The zero-order chi connectivity index (χ0) is 19.7. The van der Waals surface area contributed by atoms with Crippen molar-refractivity contribution in [1.82, 2.24) is 4.98 Å². The zero-order valence-corrected chi connectivity index (χ0v) is 15.5. The second-order valence-electron chi connectivity index (χ2n) is 5.98. The van der Waals surface area contributed by atoms with E-state index < -0.39 is 5.82 Å². The fraction of sp³-hybridized carbons (Fsp3) is 0.0476. The van der Waals surface area contributed by atoms with Crippen molar-refractivity contribution in [3.63, 3.8) is 0 Å². The number of ether oxygens (including phenoxy) is 1. The van der Waals surface area contributed by atoms with E-state index in [0.29, 0.717) is 33.1 Å². The van der Waals surface area contributed by atoms with Gasteiger partial charge in [0.25, 0.3) is 5.91 Å². The molecule has 0 bridgehead atoms. The van der Waals surface area contributed by atoms with E-state index in [9.17, 15) is 9.18 Å². The van der Waals surface area contributed by atoms with Crippen molar-refractivity contribution >= 4 is 34.3 Å². The summed E-state index contributed by atoms with van der Waals surface area (Å²) in [5, 5.41) is 3.20. The zero-order valence-electron chi connectivity index (χ0n) is 14.7. The van der Waals surface area contributed by atoms with Gasteiger partial charge in [0.05, 0.1) is 18.2 Å². The van der Waals surface area contributed by atoms with Crippen LogP contribution in [0.5, 0.6) is 5.75 Å². The number of amides is 1. The van der Waals surface area contributed by atoms with Crippen molar-refractivity contribution < 1.29 is 18.3 Å². The number of hydrogen-bond donors (Lipinski definition) is 1. The maximum atomic E-state index is 14.0. The third-order valence-corrected chi connectivity index (χ3v) is 4.39. The fourth-order valence-corrected chi connectivity index (χ4v) is 2.98. The van der Waals surface area contributed by atoms with Gasteiger partial charge in [0.2, 0.25) is 5.89 Å². The largest absolute Gasteiger partial charge is 0.496 e. The Hall–Kier alpha value is -3.38. The summed E-state index contributed by atoms with van der Waals surface area (Å²) in [6.45, 7) is 0. The van der Waals surface area contributed by atoms with Crippen molar-refractivity contribution in [3.05, 3.63) is 77.1 Å². The minimum absolute atomic E-state index is 0.174. The van der Waals surface area contributed by atoms with E-state index in [4.69, 9.17) is 20.8 Å². The van der Waals surface area contributed by atoms with E-state index >= 15 is 0 Å². The molecule has 28 heavy (non-hydrogen) atoms. The van der Waals surface area contributed by atoms with Crippen molar-refractivity contribution in [2.24, 2.45) is 0 Å². The Bertz CT molecular complexity index is 1190. The summed E-state index contributed by atoms with van der Waals surface area (Å²) in [4.78, 5) is 16.9. The molecule has 0 fully saturated rings. The summed E-state index contributed by atoms with van der Waals surface area (Å²) in [5.41, 5.74) is 2.06. The van der Waals surface area contributed by atoms with Crippen LogP contribution in [-0.2, 0) is 0 Å². The van der Waals surface area contributed by atoms with Gasteiger partial charge in [0, 0.05) is 10.7 Å². The average molecular weight is 397 g/mol. The molecule has 0 atom stereocenters. The smallest absolute Gasteiger partial charge is 0.259 e. The number of hydrogen-bond acceptors (Lipinski definition) is 4. The monoisotopic (exact) mass is 396 g/mol. The Kier molecular flexibility index (Phi) is 4.71. The van der Waals surface area contributed by atoms with Gasteiger partial charge in [-0.1, -0.05) is 23.7 Å². The molecule has 0 saturated carbocycles. The van der Waals surface area contributed by atoms with E-state index in [2.05, 4.69) is 10.3 Å². The molecule has 4 rings (SSSR count). The van der Waals surface area contributed by atoms with Crippen molar-refractivity contribution in [2.45, 2.75) is 0 Å². The third kappa shape index (κ3) is 3.42. The summed E-state index contributed by atoms with van der Waals surface area (Å²) >= 11 is 5.98. The molecule has 0 aliphatic heterocycles. The quantitative estimate of drug-likeness (QED) is 0.491. The SMILES string of the molecule is COc1ccc(Cl)cc1C(=O)Nc1ccc2oc(-c3ccccc3F)nc2c1. The Morgan fingerprint density at radius 2 is 1.96 bits per heavy atom. The molecule has 0 aliphatic carbocycles. The van der Waals surface area contributed by atoms with Crippen LogP contribution in [0.3, 0.4) is 0 Å². The number of rotatable bonds is 4. The van der Waals surface area contributed by atoms with Crippen LogP contribution in [0.4, 0.5) is 10.1 Å². The van der Waals surface area contributed by atoms with Gasteiger partial charge in [-0.15, -0.1) is 0 Å². The lowest BCUT2D eigenvalue weighted by atomic mass is 10.1. The third-order valence-electron chi connectivity index (χ3n) is 4.16. The first-order valence-corrected chi connectivity index (χ1v) is 8.73. The molecule has 1 amide bonds. The standard InChI is InChI=1S/C21H14ClFN2O3/c1-27-18-8-6-12(22)10-15(18)20(26)24-13-7-9-19-17(11-13)25-21(28-19)14-4-2-3-5-16(14)23/h2-11H,1H3,(H,24,26). The second kappa shape index (κ2) is 7.32. The molecule has 1 N–H and O–H groups in total. The number of benzene rings is 3. The Morgan fingerprint density at radius 1 is 1.14 bits per heavy atom. The maximum Gasteiger partial charge on any atom is 0.259 e. The summed E-state index contributed by atoms with van der Waals surface area (Å²) in [6, 6.07) is 16.0. The molecule has 4 aromatic rings. The number of carbonyl (C=O) groups is 1. The predicted molar refractivity (Wildman–Crippen MR) is 105 cm³/mol. The molecule has 0 spiro atoms. The molecular weight excluding hydrogens is 383 g/mol. The van der Waals surface area contributed by atoms with Gasteiger partial charge in [0.1, 0.15) is 17.1 Å². The first-order chi connectivity index (χ1) is 13.5. The Morgan fingerprint density at radius 3 is 2.75 bits per heavy atom. The van der Waals surface area contributed by atoms with Crippen LogP contribution >= 0.6 is 11.6 Å². The number of carbonyl (C=O) groups excluding carboxylic acids is 1. The lowest BCUT2D eigenvalue weighted by Gasteiger charge is -2.09. The minimum Gasteiger partial charge on any atom is -0.496 e. The van der Waals surface area contributed by atoms with Gasteiger partial charge >= 0.3 is 0 Å². The number of halogens is 2. The summed E-state index contributed by atoms with van der Waals surface area (Å²) in [7, 11) is 1.48. The predicted octanol–water partition coefficient (Wildman–Crippen LogP) is 5.55. The first kappa shape index (κ1) is 18.0. The summed E-state index contributed by atoms with van der Waals surface area (Å²) in [6.07, 6.45) is 0. The van der Waals surface area contributed by atoms with Crippen LogP contribution in [0, 0.1) is 5.82 Å². The second-order valence-corrected chi connectivity index (χ2v) is 6.42. The lowest BCUT2D eigenvalue weighted by Crippen LogP contribution is -2.13. The maximum absolute atomic E-state index is 14.0. The Balaban J connectivity index is 1.65. The van der Waals surface area contributed by atoms with Gasteiger partial charge in [-0.2, -0.15) is 0 Å². The lowest BCUT2D eigenvalue weighted by molar-refractivity contribution is 0.102. The number of fused-ring (bicyclic) bond motifs is 1. The van der Waals surface area contributed by atoms with Crippen LogP contribution in [0.15, 0.2) is 65.1 Å². The van der Waals surface area contributed by atoms with Gasteiger partial charge in [-0.05, 0) is 48.5 Å². The summed E-state index contributed by atoms with van der Waals surface area (Å²) < 4.78 is 24.8. The van der Waals surface area contributed by atoms with E-state index in [0.717, 1.165) is 0 Å². The molecule has 0 saturated heterocycles. The molecule has 0 radical (unpaired) electrons. The molecule has 7 heteroatoms. The van der Waals surface area contributed by atoms with Crippen molar-refractivity contribution in [1.29, 1.82) is 0 Å². The van der Waals surface area contributed by atoms with Crippen LogP contribution in [-0.4, -0.2) is 18.0 Å². The van der Waals surface area contributed by atoms with E-state index in [-0.39, 0.29) is 17.4 Å². The first-order valence-electron chi connectivity index (χ1n) is 8.35. The summed E-state index contributed by atoms with van der Waals surface area (Å²) in [5.74, 6) is -0.216. The van der Waals surface area contributed by atoms with Gasteiger partial charge in [-0.3, -0.25) is 4.79 Å². The highest BCUT2D eigenvalue weighted by Gasteiger charge is 2.15. The van der Waals surface area contributed by atoms with Crippen molar-refractivity contribution in [2.75, 3.05) is 12.4 Å². The number of oxazole rings is 1. The van der Waals surface area contributed by atoms with Gasteiger partial charge in [0.15, 0.2) is 5.58 Å². The number of methoxy groups -OCH3 is 1. The molecule has 3 aromatic carbocycles. The van der Waals surface area contributed by atoms with Crippen LogP contribution in [0.25, 0.3) is 22.6 Å². The average Bonchev–Trinajstić information content (AvgIpc) is 3.11. The molecule has 1 heterocycles. The molecular formula is C21H14ClFN2O3. The molecule has 1 aromatic heterocycles. The number of nitrogens with zero attached hydrogens (tertiary/aromatic N) is 1. The van der Waals surface area contributed by atoms with Gasteiger partial charge < -0.3 is 14.5 Å². The topological polar surface area (TPSA) is 64.4 Å². The van der Waals surface area contributed by atoms with Crippen LogP contribution in [0.1, 0.15) is 10.4 Å². The van der Waals surface area contributed by atoms with Gasteiger partial charge in [-0.25, -0.2) is 9.37 Å². The number of anilines is 1. The van der Waals surface area contributed by atoms with Crippen LogP contribution in [0.2, 0.25) is 5.02 Å².